The van der Waals surface area contributed by atoms with E-state index in [0.29, 0.717) is 18.1 Å². The summed E-state index contributed by atoms with van der Waals surface area (Å²) in [4.78, 5) is 0. The Kier molecular flexibility index (Phi) is 10.4. The minimum Gasteiger partial charge on any atom is -0.357 e. The molecule has 2 aromatic carbocycles. The van der Waals surface area contributed by atoms with E-state index in [1.54, 1.807) is 0 Å². The van der Waals surface area contributed by atoms with Crippen LogP contribution in [0.15, 0.2) is 54.6 Å². The molecule has 2 heterocycles. The van der Waals surface area contributed by atoms with Crippen molar-refractivity contribution in [2.75, 3.05) is 6.61 Å². The number of halogens is 1. The minimum absolute atomic E-state index is 0.150. The van der Waals surface area contributed by atoms with Crippen LogP contribution in [0.4, 0.5) is 0 Å². The van der Waals surface area contributed by atoms with Crippen LogP contribution in [-0.4, -0.2) is 31.0 Å². The second-order valence-corrected chi connectivity index (χ2v) is 6.96. The van der Waals surface area contributed by atoms with Crippen LogP contribution in [0.5, 0.6) is 0 Å². The minimum atomic E-state index is -0.402. The first-order valence-electron chi connectivity index (χ1n) is 10.7. The van der Waals surface area contributed by atoms with E-state index in [4.69, 9.17) is 31.5 Å². The third-order valence-electron chi connectivity index (χ3n) is 4.58. The zero-order valence-electron chi connectivity index (χ0n) is 18.2. The molecule has 2 aromatic rings. The number of nitrogens with two attached hydrogens (primary N) is 1. The Labute approximate surface area is 185 Å². The van der Waals surface area contributed by atoms with E-state index in [9.17, 15) is 0 Å². The van der Waals surface area contributed by atoms with Gasteiger partial charge < -0.3 is 19.9 Å². The molecule has 2 fully saturated rings. The maximum atomic E-state index is 6.36. The average Bonchev–Trinajstić information content (AvgIpc) is 2.81. The van der Waals surface area contributed by atoms with Crippen LogP contribution in [0.3, 0.4) is 0 Å². The molecule has 2 saturated heterocycles. The summed E-state index contributed by atoms with van der Waals surface area (Å²) < 4.78 is 18.0. The quantitative estimate of drug-likeness (QED) is 0.621. The molecule has 5 heteroatoms. The van der Waals surface area contributed by atoms with Gasteiger partial charge in [0, 0.05) is 28.6 Å². The first-order valence-corrected chi connectivity index (χ1v) is 11.1. The van der Waals surface area contributed by atoms with Gasteiger partial charge in [-0.1, -0.05) is 87.5 Å². The number of fused-ring (bicyclic) bond motifs is 1. The molecule has 2 aliphatic heterocycles. The predicted molar refractivity (Wildman–Crippen MR) is 122 cm³/mol. The molecule has 2 aliphatic rings. The molecule has 30 heavy (non-hydrogen) atoms. The highest BCUT2D eigenvalue weighted by atomic mass is 35.5. The molecule has 0 bridgehead atoms. The summed E-state index contributed by atoms with van der Waals surface area (Å²) in [6.07, 6.45) is -0.432. The van der Waals surface area contributed by atoms with E-state index in [0.717, 1.165) is 11.1 Å². The summed E-state index contributed by atoms with van der Waals surface area (Å²) in [5.74, 6) is 6.26. The normalized spacial score (nSPS) is 27.1. The number of rotatable bonds is 1. The molecule has 0 saturated carbocycles. The molecule has 5 unspecified atom stereocenters. The Morgan fingerprint density at radius 3 is 2.40 bits per heavy atom. The summed E-state index contributed by atoms with van der Waals surface area (Å²) >= 11 is 5.99. The number of ether oxygens (including phenoxy) is 3. The van der Waals surface area contributed by atoms with Crippen LogP contribution in [0, 0.1) is 11.8 Å². The van der Waals surface area contributed by atoms with E-state index < -0.39 is 6.29 Å². The zero-order valence-corrected chi connectivity index (χ0v) is 18.9. The zero-order chi connectivity index (χ0) is 21.9. The lowest BCUT2D eigenvalue weighted by Crippen LogP contribution is -2.57. The molecule has 4 rings (SSSR count). The summed E-state index contributed by atoms with van der Waals surface area (Å²) in [5, 5.41) is 0.666. The van der Waals surface area contributed by atoms with Crippen molar-refractivity contribution in [3.63, 3.8) is 0 Å². The largest absolute Gasteiger partial charge is 0.357 e. The van der Waals surface area contributed by atoms with Gasteiger partial charge in [0.05, 0.1) is 6.61 Å². The molecule has 5 atom stereocenters. The fourth-order valence-corrected chi connectivity index (χ4v) is 3.49. The molecule has 0 amide bonds. The smallest absolute Gasteiger partial charge is 0.184 e. The highest BCUT2D eigenvalue weighted by Crippen LogP contribution is 2.33. The SMILES string of the molecule is CC.CC.NC1CC(C#Cc2cccc(Cl)c2)OC2COC(c3ccccc3)OC12. The van der Waals surface area contributed by atoms with E-state index in [1.807, 2.05) is 82.3 Å². The average molecular weight is 430 g/mol. The lowest BCUT2D eigenvalue weighted by Gasteiger charge is -2.44. The molecule has 0 aromatic heterocycles. The molecule has 0 radical (unpaired) electrons. The lowest BCUT2D eigenvalue weighted by atomic mass is 9.95. The van der Waals surface area contributed by atoms with Crippen LogP contribution in [0.2, 0.25) is 5.02 Å². The third-order valence-corrected chi connectivity index (χ3v) is 4.82. The van der Waals surface area contributed by atoms with Gasteiger partial charge in [-0.05, 0) is 18.2 Å². The van der Waals surface area contributed by atoms with Crippen LogP contribution >= 0.6 is 11.6 Å². The van der Waals surface area contributed by atoms with E-state index in [1.165, 1.54) is 0 Å². The topological polar surface area (TPSA) is 53.7 Å². The molecule has 0 aliphatic carbocycles. The van der Waals surface area contributed by atoms with Gasteiger partial charge in [0.15, 0.2) is 6.29 Å². The van der Waals surface area contributed by atoms with Gasteiger partial charge in [-0.15, -0.1) is 0 Å². The summed E-state index contributed by atoms with van der Waals surface area (Å²) in [6.45, 7) is 8.44. The van der Waals surface area contributed by atoms with Gasteiger partial charge in [0.2, 0.25) is 0 Å². The summed E-state index contributed by atoms with van der Waals surface area (Å²) in [6, 6.07) is 17.2. The van der Waals surface area contributed by atoms with Crippen molar-refractivity contribution in [2.45, 2.75) is 64.8 Å². The number of benzene rings is 2. The molecule has 162 valence electrons. The second-order valence-electron chi connectivity index (χ2n) is 6.52. The maximum absolute atomic E-state index is 6.36. The van der Waals surface area contributed by atoms with E-state index >= 15 is 0 Å². The number of hydrogen-bond donors (Lipinski definition) is 1. The highest BCUT2D eigenvalue weighted by molar-refractivity contribution is 6.30. The second kappa shape index (κ2) is 12.7. The van der Waals surface area contributed by atoms with Gasteiger partial charge in [0.1, 0.15) is 18.3 Å². The van der Waals surface area contributed by atoms with E-state index in [2.05, 4.69) is 11.8 Å². The first-order chi connectivity index (χ1) is 14.7. The summed E-state index contributed by atoms with van der Waals surface area (Å²) in [5.41, 5.74) is 8.21. The standard InChI is InChI=1S/C21H20ClNO3.2C2H6/c22-16-8-4-5-14(11-16)9-10-17-12-18(23)20-19(25-17)13-24-21(26-20)15-6-2-1-3-7-15;2*1-2/h1-8,11,17-21H,12-13,23H2;2*1-2H3. The lowest BCUT2D eigenvalue weighted by molar-refractivity contribution is -0.287. The molecule has 0 spiro atoms. The molecular weight excluding hydrogens is 398 g/mol. The van der Waals surface area contributed by atoms with Crippen molar-refractivity contribution >= 4 is 11.6 Å². The molecule has 2 N–H and O–H groups in total. The first kappa shape index (κ1) is 24.4. The van der Waals surface area contributed by atoms with Crippen molar-refractivity contribution < 1.29 is 14.2 Å². The van der Waals surface area contributed by atoms with Gasteiger partial charge in [-0.2, -0.15) is 0 Å². The Bertz CT molecular complexity index is 818. The van der Waals surface area contributed by atoms with Crippen LogP contribution < -0.4 is 5.73 Å². The van der Waals surface area contributed by atoms with Crippen molar-refractivity contribution in [1.29, 1.82) is 0 Å². The van der Waals surface area contributed by atoms with Crippen LogP contribution in [0.1, 0.15) is 51.5 Å². The van der Waals surface area contributed by atoms with Crippen LogP contribution in [-0.2, 0) is 14.2 Å². The van der Waals surface area contributed by atoms with Crippen molar-refractivity contribution in [3.8, 4) is 11.8 Å². The fourth-order valence-electron chi connectivity index (χ4n) is 3.30. The third kappa shape index (κ3) is 6.57. The molecule has 4 nitrogen and oxygen atoms in total. The van der Waals surface area contributed by atoms with Crippen LogP contribution in [0.25, 0.3) is 0 Å². The maximum Gasteiger partial charge on any atom is 0.184 e. The van der Waals surface area contributed by atoms with Crippen molar-refractivity contribution in [3.05, 3.63) is 70.7 Å². The van der Waals surface area contributed by atoms with Gasteiger partial charge in [-0.3, -0.25) is 0 Å². The number of hydrogen-bond acceptors (Lipinski definition) is 4. The molecular formula is C25H32ClNO3. The monoisotopic (exact) mass is 429 g/mol. The van der Waals surface area contributed by atoms with Gasteiger partial charge in [-0.25, -0.2) is 0 Å². The van der Waals surface area contributed by atoms with E-state index in [-0.39, 0.29) is 24.4 Å². The Morgan fingerprint density at radius 2 is 1.70 bits per heavy atom. The van der Waals surface area contributed by atoms with Gasteiger partial charge >= 0.3 is 0 Å². The summed E-state index contributed by atoms with van der Waals surface area (Å²) in [7, 11) is 0. The Hall–Kier alpha value is -1.87. The Balaban J connectivity index is 0.000000757. The van der Waals surface area contributed by atoms with Gasteiger partial charge in [0.25, 0.3) is 0 Å². The predicted octanol–water partition coefficient (Wildman–Crippen LogP) is 5.34. The Morgan fingerprint density at radius 1 is 0.967 bits per heavy atom. The highest BCUT2D eigenvalue weighted by Gasteiger charge is 2.42. The van der Waals surface area contributed by atoms with Crippen molar-refractivity contribution in [2.24, 2.45) is 5.73 Å². The fraction of sp³-hybridized carbons (Fsp3) is 0.440. The van der Waals surface area contributed by atoms with Crippen molar-refractivity contribution in [1.82, 2.24) is 0 Å².